The van der Waals surface area contributed by atoms with Crippen molar-refractivity contribution in [2.75, 3.05) is 11.9 Å². The van der Waals surface area contributed by atoms with Crippen molar-refractivity contribution in [3.63, 3.8) is 0 Å². The lowest BCUT2D eigenvalue weighted by molar-refractivity contribution is 0.337. The van der Waals surface area contributed by atoms with Crippen molar-refractivity contribution >= 4 is 17.3 Å². The van der Waals surface area contributed by atoms with E-state index in [4.69, 9.17) is 22.1 Å². The van der Waals surface area contributed by atoms with Crippen LogP contribution in [0.4, 0.5) is 5.69 Å². The summed E-state index contributed by atoms with van der Waals surface area (Å²) in [6, 6.07) is 6.42. The highest BCUT2D eigenvalue weighted by atomic mass is 35.5. The molecule has 1 aromatic carbocycles. The van der Waals surface area contributed by atoms with Crippen molar-refractivity contribution in [3.05, 3.63) is 23.2 Å². The summed E-state index contributed by atoms with van der Waals surface area (Å²) in [6.45, 7) is 2.62. The summed E-state index contributed by atoms with van der Waals surface area (Å²) in [4.78, 5) is 0. The average molecular weight is 241 g/mol. The number of anilines is 1. The van der Waals surface area contributed by atoms with Gasteiger partial charge in [-0.2, -0.15) is 0 Å². The Labute approximate surface area is 101 Å². The van der Waals surface area contributed by atoms with Crippen molar-refractivity contribution in [2.24, 2.45) is 5.73 Å². The fourth-order valence-corrected chi connectivity index (χ4v) is 2.07. The number of rotatable bonds is 4. The molecule has 0 aliphatic heterocycles. The fraction of sp³-hybridized carbons (Fsp3) is 0.500. The highest BCUT2D eigenvalue weighted by molar-refractivity contribution is 6.30. The molecule has 1 aromatic rings. The molecule has 1 fully saturated rings. The number of hydrogen-bond acceptors (Lipinski definition) is 3. The normalized spacial score (nSPS) is 23.7. The Morgan fingerprint density at radius 2 is 2.25 bits per heavy atom. The highest BCUT2D eigenvalue weighted by Crippen LogP contribution is 2.31. The third-order valence-corrected chi connectivity index (χ3v) is 3.01. The lowest BCUT2D eigenvalue weighted by Gasteiger charge is -2.34. The first-order valence-electron chi connectivity index (χ1n) is 5.63. The van der Waals surface area contributed by atoms with E-state index >= 15 is 0 Å². The van der Waals surface area contributed by atoms with E-state index in [0.29, 0.717) is 18.7 Å². The van der Waals surface area contributed by atoms with Crippen molar-refractivity contribution in [2.45, 2.75) is 31.8 Å². The van der Waals surface area contributed by atoms with Gasteiger partial charge in [0.1, 0.15) is 5.75 Å². The van der Waals surface area contributed by atoms with Gasteiger partial charge in [0, 0.05) is 17.1 Å². The summed E-state index contributed by atoms with van der Waals surface area (Å²) in [5.74, 6) is 0.854. The van der Waals surface area contributed by atoms with Crippen LogP contribution in [0, 0.1) is 0 Å². The maximum Gasteiger partial charge on any atom is 0.142 e. The van der Waals surface area contributed by atoms with Crippen LogP contribution in [0.2, 0.25) is 5.02 Å². The minimum atomic E-state index is 0.340. The number of nitrogens with one attached hydrogen (secondary N) is 1. The summed E-state index contributed by atoms with van der Waals surface area (Å²) >= 11 is 5.97. The Hall–Kier alpha value is -0.930. The van der Waals surface area contributed by atoms with Gasteiger partial charge in [0.25, 0.3) is 0 Å². The molecule has 0 radical (unpaired) electrons. The fourth-order valence-electron chi connectivity index (χ4n) is 1.90. The molecule has 16 heavy (non-hydrogen) atoms. The van der Waals surface area contributed by atoms with Gasteiger partial charge in [-0.25, -0.2) is 0 Å². The van der Waals surface area contributed by atoms with Crippen molar-refractivity contribution in [1.29, 1.82) is 0 Å². The molecule has 0 aromatic heterocycles. The molecule has 1 aliphatic rings. The predicted octanol–water partition coefficient (Wildman–Crippen LogP) is 2.64. The zero-order valence-electron chi connectivity index (χ0n) is 9.37. The lowest BCUT2D eigenvalue weighted by Crippen LogP contribution is -2.44. The Morgan fingerprint density at radius 1 is 1.50 bits per heavy atom. The van der Waals surface area contributed by atoms with Gasteiger partial charge in [-0.1, -0.05) is 11.6 Å². The number of benzene rings is 1. The van der Waals surface area contributed by atoms with Gasteiger partial charge in [-0.3, -0.25) is 0 Å². The van der Waals surface area contributed by atoms with E-state index in [-0.39, 0.29) is 0 Å². The lowest BCUT2D eigenvalue weighted by atomic mass is 9.87. The average Bonchev–Trinajstić information content (AvgIpc) is 2.20. The molecule has 0 heterocycles. The van der Waals surface area contributed by atoms with Gasteiger partial charge in [0.2, 0.25) is 0 Å². The Bertz CT molecular complexity index is 364. The number of nitrogens with two attached hydrogens (primary N) is 1. The molecule has 0 bridgehead atoms. The second kappa shape index (κ2) is 4.93. The molecular formula is C12H17ClN2O. The second-order valence-electron chi connectivity index (χ2n) is 4.15. The van der Waals surface area contributed by atoms with Crippen LogP contribution >= 0.6 is 11.6 Å². The van der Waals surface area contributed by atoms with Crippen LogP contribution in [0.1, 0.15) is 19.8 Å². The molecule has 88 valence electrons. The summed E-state index contributed by atoms with van der Waals surface area (Å²) in [5.41, 5.74) is 6.72. The van der Waals surface area contributed by atoms with E-state index in [1.54, 1.807) is 0 Å². The molecule has 3 nitrogen and oxygen atoms in total. The Morgan fingerprint density at radius 3 is 2.88 bits per heavy atom. The molecule has 2 rings (SSSR count). The summed E-state index contributed by atoms with van der Waals surface area (Å²) < 4.78 is 5.54. The Balaban J connectivity index is 2.07. The van der Waals surface area contributed by atoms with Gasteiger partial charge in [0.15, 0.2) is 0 Å². The van der Waals surface area contributed by atoms with E-state index in [9.17, 15) is 0 Å². The smallest absolute Gasteiger partial charge is 0.142 e. The first kappa shape index (κ1) is 11.6. The van der Waals surface area contributed by atoms with Crippen LogP contribution in [0.5, 0.6) is 5.75 Å². The van der Waals surface area contributed by atoms with Crippen LogP contribution in [0.3, 0.4) is 0 Å². The third-order valence-electron chi connectivity index (χ3n) is 2.78. The number of hydrogen-bond donors (Lipinski definition) is 2. The molecule has 1 saturated carbocycles. The number of halogens is 1. The third kappa shape index (κ3) is 2.60. The molecular weight excluding hydrogens is 224 g/mol. The van der Waals surface area contributed by atoms with Crippen LogP contribution in [-0.2, 0) is 0 Å². The van der Waals surface area contributed by atoms with Gasteiger partial charge >= 0.3 is 0 Å². The SMILES string of the molecule is CCOc1ccc(Cl)cc1NC1CC(N)C1. The van der Waals surface area contributed by atoms with E-state index < -0.39 is 0 Å². The molecule has 0 atom stereocenters. The van der Waals surface area contributed by atoms with Gasteiger partial charge in [0.05, 0.1) is 12.3 Å². The summed E-state index contributed by atoms with van der Waals surface area (Å²) in [7, 11) is 0. The van der Waals surface area contributed by atoms with E-state index in [1.807, 2.05) is 25.1 Å². The monoisotopic (exact) mass is 240 g/mol. The minimum absolute atomic E-state index is 0.340. The van der Waals surface area contributed by atoms with Gasteiger partial charge in [-0.05, 0) is 38.0 Å². The summed E-state index contributed by atoms with van der Waals surface area (Å²) in [5, 5.41) is 4.13. The van der Waals surface area contributed by atoms with E-state index in [0.717, 1.165) is 29.3 Å². The largest absolute Gasteiger partial charge is 0.492 e. The molecule has 3 N–H and O–H groups in total. The van der Waals surface area contributed by atoms with Crippen LogP contribution < -0.4 is 15.8 Å². The molecule has 0 unspecified atom stereocenters. The minimum Gasteiger partial charge on any atom is -0.492 e. The molecule has 4 heteroatoms. The van der Waals surface area contributed by atoms with Crippen LogP contribution in [-0.4, -0.2) is 18.7 Å². The van der Waals surface area contributed by atoms with E-state index in [1.165, 1.54) is 0 Å². The van der Waals surface area contributed by atoms with E-state index in [2.05, 4.69) is 5.32 Å². The molecule has 0 saturated heterocycles. The maximum absolute atomic E-state index is 5.97. The van der Waals surface area contributed by atoms with Crippen molar-refractivity contribution < 1.29 is 4.74 Å². The number of ether oxygens (including phenoxy) is 1. The first-order valence-corrected chi connectivity index (χ1v) is 6.01. The molecule has 1 aliphatic carbocycles. The standard InChI is InChI=1S/C12H17ClN2O/c1-2-16-12-4-3-8(13)5-11(12)15-10-6-9(14)7-10/h3-5,9-10,15H,2,6-7,14H2,1H3. The molecule has 0 amide bonds. The van der Waals surface area contributed by atoms with Gasteiger partial charge < -0.3 is 15.8 Å². The molecule has 0 spiro atoms. The van der Waals surface area contributed by atoms with Crippen LogP contribution in [0.15, 0.2) is 18.2 Å². The quantitative estimate of drug-likeness (QED) is 0.851. The van der Waals surface area contributed by atoms with Crippen molar-refractivity contribution in [3.8, 4) is 5.75 Å². The zero-order valence-corrected chi connectivity index (χ0v) is 10.1. The second-order valence-corrected chi connectivity index (χ2v) is 4.58. The Kier molecular flexibility index (Phi) is 3.56. The van der Waals surface area contributed by atoms with Crippen LogP contribution in [0.25, 0.3) is 0 Å². The topological polar surface area (TPSA) is 47.3 Å². The van der Waals surface area contributed by atoms with Gasteiger partial charge in [-0.15, -0.1) is 0 Å². The predicted molar refractivity (Wildman–Crippen MR) is 67.2 cm³/mol. The van der Waals surface area contributed by atoms with Crippen molar-refractivity contribution in [1.82, 2.24) is 0 Å². The first-order chi connectivity index (χ1) is 7.69. The maximum atomic E-state index is 5.97. The summed E-state index contributed by atoms with van der Waals surface area (Å²) in [6.07, 6.45) is 2.02. The zero-order chi connectivity index (χ0) is 11.5. The highest BCUT2D eigenvalue weighted by Gasteiger charge is 2.26.